The van der Waals surface area contributed by atoms with E-state index in [1.54, 1.807) is 41.3 Å². The third-order valence-electron chi connectivity index (χ3n) is 4.58. The molecule has 0 unspecified atom stereocenters. The number of hydrogen-bond acceptors (Lipinski definition) is 5. The smallest absolute Gasteiger partial charge is 0.319 e. The predicted octanol–water partition coefficient (Wildman–Crippen LogP) is 1.73. The van der Waals surface area contributed by atoms with Crippen LogP contribution in [0, 0.1) is 0 Å². The van der Waals surface area contributed by atoms with Gasteiger partial charge in [-0.1, -0.05) is 12.1 Å². The van der Waals surface area contributed by atoms with Gasteiger partial charge in [0.2, 0.25) is 5.91 Å². The van der Waals surface area contributed by atoms with Crippen LogP contribution in [0.25, 0.3) is 0 Å². The van der Waals surface area contributed by atoms with E-state index in [4.69, 9.17) is 15.2 Å². The van der Waals surface area contributed by atoms with Crippen molar-refractivity contribution in [2.24, 2.45) is 5.73 Å². The van der Waals surface area contributed by atoms with Crippen LogP contribution < -0.4 is 30.7 Å². The lowest BCUT2D eigenvalue weighted by Crippen LogP contribution is -2.40. The van der Waals surface area contributed by atoms with Gasteiger partial charge in [-0.25, -0.2) is 4.79 Å². The highest BCUT2D eigenvalue weighted by Crippen LogP contribution is 2.33. The molecule has 29 heavy (non-hydrogen) atoms. The van der Waals surface area contributed by atoms with Gasteiger partial charge in [0.1, 0.15) is 0 Å². The van der Waals surface area contributed by atoms with Crippen LogP contribution in [0.4, 0.5) is 16.2 Å². The van der Waals surface area contributed by atoms with Gasteiger partial charge in [-0.3, -0.25) is 9.59 Å². The molecule has 3 rings (SSSR count). The van der Waals surface area contributed by atoms with Gasteiger partial charge in [0.25, 0.3) is 5.91 Å². The number of nitrogens with two attached hydrogens (primary N) is 1. The van der Waals surface area contributed by atoms with Gasteiger partial charge >= 0.3 is 6.03 Å². The third kappa shape index (κ3) is 4.40. The Morgan fingerprint density at radius 2 is 1.83 bits per heavy atom. The second-order valence-electron chi connectivity index (χ2n) is 6.45. The number of rotatable bonds is 6. The van der Waals surface area contributed by atoms with E-state index in [9.17, 15) is 14.4 Å². The second kappa shape index (κ2) is 8.51. The Hall–Kier alpha value is -3.75. The first-order chi connectivity index (χ1) is 13.9. The Morgan fingerprint density at radius 1 is 1.10 bits per heavy atom. The number of amides is 4. The number of ether oxygens (including phenoxy) is 2. The molecule has 9 heteroatoms. The van der Waals surface area contributed by atoms with Crippen molar-refractivity contribution in [1.82, 2.24) is 5.32 Å². The zero-order valence-electron chi connectivity index (χ0n) is 16.1. The van der Waals surface area contributed by atoms with Gasteiger partial charge in [-0.2, -0.15) is 0 Å². The van der Waals surface area contributed by atoms with E-state index in [0.717, 1.165) is 0 Å². The predicted molar refractivity (Wildman–Crippen MR) is 107 cm³/mol. The number of hydrogen-bond donors (Lipinski definition) is 3. The van der Waals surface area contributed by atoms with E-state index in [1.807, 2.05) is 0 Å². The fourth-order valence-corrected chi connectivity index (χ4v) is 3.20. The molecule has 0 bridgehead atoms. The fraction of sp³-hybridized carbons (Fsp3) is 0.250. The minimum atomic E-state index is -0.642. The molecular weight excluding hydrogens is 376 g/mol. The zero-order chi connectivity index (χ0) is 21.0. The Labute approximate surface area is 167 Å². The average Bonchev–Trinajstić information content (AvgIpc) is 3.07. The molecule has 1 aliphatic heterocycles. The molecule has 2 aromatic rings. The highest BCUT2D eigenvalue weighted by atomic mass is 16.5. The summed E-state index contributed by atoms with van der Waals surface area (Å²) in [6.07, 6.45) is 0.152. The number of nitrogens with one attached hydrogen (secondary N) is 2. The maximum Gasteiger partial charge on any atom is 0.319 e. The van der Waals surface area contributed by atoms with Crippen LogP contribution in [0.2, 0.25) is 0 Å². The summed E-state index contributed by atoms with van der Waals surface area (Å²) in [7, 11) is 3.06. The summed E-state index contributed by atoms with van der Waals surface area (Å²) >= 11 is 0. The van der Waals surface area contributed by atoms with Crippen LogP contribution in [-0.4, -0.2) is 44.7 Å². The minimum Gasteiger partial charge on any atom is -0.493 e. The van der Waals surface area contributed by atoms with Gasteiger partial charge in [0, 0.05) is 24.7 Å². The number of carbonyl (C=O) groups is 3. The van der Waals surface area contributed by atoms with Crippen LogP contribution in [0.5, 0.6) is 11.5 Å². The van der Waals surface area contributed by atoms with E-state index in [0.29, 0.717) is 29.4 Å². The summed E-state index contributed by atoms with van der Waals surface area (Å²) in [5.74, 6) is 0.303. The summed E-state index contributed by atoms with van der Waals surface area (Å²) in [4.78, 5) is 37.8. The van der Waals surface area contributed by atoms with E-state index >= 15 is 0 Å². The highest BCUT2D eigenvalue weighted by molar-refractivity contribution is 6.03. The molecule has 1 heterocycles. The number of primary amides is 1. The van der Waals surface area contributed by atoms with Crippen LogP contribution in [0.3, 0.4) is 0 Å². The molecule has 0 spiro atoms. The second-order valence-corrected chi connectivity index (χ2v) is 6.45. The molecule has 0 saturated carbocycles. The van der Waals surface area contributed by atoms with Crippen molar-refractivity contribution in [3.63, 3.8) is 0 Å². The number of para-hydroxylation sites is 1. The van der Waals surface area contributed by atoms with E-state index in [2.05, 4.69) is 10.6 Å². The molecule has 152 valence electrons. The summed E-state index contributed by atoms with van der Waals surface area (Å²) in [6.45, 7) is 0.305. The largest absolute Gasteiger partial charge is 0.493 e. The number of nitrogens with zero attached hydrogens (tertiary/aromatic N) is 1. The Morgan fingerprint density at radius 3 is 2.52 bits per heavy atom. The van der Waals surface area contributed by atoms with Gasteiger partial charge in [0.05, 0.1) is 31.5 Å². The van der Waals surface area contributed by atoms with E-state index < -0.39 is 18.0 Å². The monoisotopic (exact) mass is 398 g/mol. The van der Waals surface area contributed by atoms with Crippen molar-refractivity contribution in [1.29, 1.82) is 0 Å². The lowest BCUT2D eigenvalue weighted by molar-refractivity contribution is -0.117. The first kappa shape index (κ1) is 20.0. The molecular formula is C20H22N4O5. The molecule has 1 saturated heterocycles. The lowest BCUT2D eigenvalue weighted by Gasteiger charge is -2.19. The number of urea groups is 1. The number of carbonyl (C=O) groups excluding carboxylic acids is 3. The topological polar surface area (TPSA) is 123 Å². The normalized spacial score (nSPS) is 15.7. The minimum absolute atomic E-state index is 0.125. The number of benzene rings is 2. The molecule has 4 N–H and O–H groups in total. The molecule has 2 aromatic carbocycles. The molecule has 9 nitrogen and oxygen atoms in total. The molecule has 0 aromatic heterocycles. The number of methoxy groups -OCH3 is 2. The molecule has 1 atom stereocenters. The Bertz CT molecular complexity index is 946. The van der Waals surface area contributed by atoms with Gasteiger partial charge in [-0.05, 0) is 24.3 Å². The van der Waals surface area contributed by atoms with E-state index in [-0.39, 0.29) is 17.9 Å². The van der Waals surface area contributed by atoms with Gasteiger partial charge in [-0.15, -0.1) is 0 Å². The molecule has 4 amide bonds. The zero-order valence-corrected chi connectivity index (χ0v) is 16.1. The maximum atomic E-state index is 12.4. The Kier molecular flexibility index (Phi) is 5.87. The van der Waals surface area contributed by atoms with Crippen molar-refractivity contribution in [3.8, 4) is 11.5 Å². The standard InChI is InChI=1S/C20H22N4O5/c1-28-16-8-7-13(10-17(16)29-2)24-11-12(9-18(24)25)22-20(27)23-15-6-4-3-5-14(15)19(21)26/h3-8,10,12H,9,11H2,1-2H3,(H2,21,26)(H2,22,23,27)/t12-/m1/s1. The lowest BCUT2D eigenvalue weighted by atomic mass is 10.1. The van der Waals surface area contributed by atoms with Crippen molar-refractivity contribution < 1.29 is 23.9 Å². The third-order valence-corrected chi connectivity index (χ3v) is 4.58. The SMILES string of the molecule is COc1ccc(N2C[C@H](NC(=O)Nc3ccccc3C(N)=O)CC2=O)cc1OC. The van der Waals surface area contributed by atoms with Crippen LogP contribution >= 0.6 is 0 Å². The quantitative estimate of drug-likeness (QED) is 0.684. The van der Waals surface area contributed by atoms with Crippen molar-refractivity contribution >= 4 is 29.2 Å². The fourth-order valence-electron chi connectivity index (χ4n) is 3.20. The van der Waals surface area contributed by atoms with E-state index in [1.165, 1.54) is 20.3 Å². The van der Waals surface area contributed by atoms with Crippen LogP contribution in [0.15, 0.2) is 42.5 Å². The Balaban J connectivity index is 1.67. The van der Waals surface area contributed by atoms with Crippen molar-refractivity contribution in [3.05, 3.63) is 48.0 Å². The van der Waals surface area contributed by atoms with Crippen LogP contribution in [-0.2, 0) is 4.79 Å². The summed E-state index contributed by atoms with van der Waals surface area (Å²) < 4.78 is 10.5. The average molecular weight is 398 g/mol. The number of anilines is 2. The molecule has 1 aliphatic rings. The summed E-state index contributed by atoms with van der Waals surface area (Å²) in [5.41, 5.74) is 6.48. The first-order valence-electron chi connectivity index (χ1n) is 8.91. The van der Waals surface area contributed by atoms with Gasteiger partial charge < -0.3 is 30.7 Å². The van der Waals surface area contributed by atoms with Crippen molar-refractivity contribution in [2.45, 2.75) is 12.5 Å². The highest BCUT2D eigenvalue weighted by Gasteiger charge is 2.32. The molecule has 0 radical (unpaired) electrons. The first-order valence-corrected chi connectivity index (χ1v) is 8.91. The van der Waals surface area contributed by atoms with Crippen LogP contribution in [0.1, 0.15) is 16.8 Å². The summed E-state index contributed by atoms with van der Waals surface area (Å²) in [5, 5.41) is 5.36. The van der Waals surface area contributed by atoms with Crippen molar-refractivity contribution in [2.75, 3.05) is 31.0 Å². The van der Waals surface area contributed by atoms with Gasteiger partial charge in [0.15, 0.2) is 11.5 Å². The summed E-state index contributed by atoms with van der Waals surface area (Å²) in [6, 6.07) is 10.7. The molecule has 0 aliphatic carbocycles. The maximum absolute atomic E-state index is 12.4. The molecule has 1 fully saturated rings.